The van der Waals surface area contributed by atoms with Gasteiger partial charge in [-0.25, -0.2) is 0 Å². The molecule has 0 spiro atoms. The van der Waals surface area contributed by atoms with Gasteiger partial charge in [0.2, 0.25) is 0 Å². The van der Waals surface area contributed by atoms with Gasteiger partial charge in [0.05, 0.1) is 12.2 Å². The maximum atomic E-state index is 11.0. The second kappa shape index (κ2) is 4.19. The van der Waals surface area contributed by atoms with Gasteiger partial charge in [-0.2, -0.15) is 0 Å². The van der Waals surface area contributed by atoms with Gasteiger partial charge < -0.3 is 0 Å². The molecule has 4 heteroatoms. The van der Waals surface area contributed by atoms with Crippen LogP contribution < -0.4 is 0 Å². The van der Waals surface area contributed by atoms with Gasteiger partial charge in [-0.05, 0) is 28.1 Å². The van der Waals surface area contributed by atoms with Crippen LogP contribution >= 0.6 is 15.9 Å². The number of ketones is 1. The van der Waals surface area contributed by atoms with E-state index in [0.717, 1.165) is 23.3 Å². The molecule has 0 unspecified atom stereocenters. The summed E-state index contributed by atoms with van der Waals surface area (Å²) in [6, 6.07) is 3.95. The summed E-state index contributed by atoms with van der Waals surface area (Å²) in [6.45, 7) is 2.23. The topological polar surface area (TPSA) is 33.2 Å². The van der Waals surface area contributed by atoms with E-state index in [2.05, 4.69) is 25.8 Å². The van der Waals surface area contributed by atoms with Crippen molar-refractivity contribution in [2.24, 2.45) is 0 Å². The van der Waals surface area contributed by atoms with Crippen LogP contribution in [0.3, 0.4) is 0 Å². The Morgan fingerprint density at radius 2 is 2.36 bits per heavy atom. The predicted octanol–water partition coefficient (Wildman–Crippen LogP) is 1.62. The monoisotopic (exact) mass is 254 g/mol. The van der Waals surface area contributed by atoms with E-state index in [9.17, 15) is 4.79 Å². The average Bonchev–Trinajstić information content (AvgIpc) is 2.56. The van der Waals surface area contributed by atoms with Gasteiger partial charge in [-0.1, -0.05) is 0 Å². The normalized spacial score (nSPS) is 17.6. The Bertz CT molecular complexity index is 336. The van der Waals surface area contributed by atoms with Gasteiger partial charge in [0.25, 0.3) is 0 Å². The molecule has 3 nitrogen and oxygen atoms in total. The van der Waals surface area contributed by atoms with E-state index in [4.69, 9.17) is 0 Å². The van der Waals surface area contributed by atoms with Crippen molar-refractivity contribution in [1.29, 1.82) is 0 Å². The first-order chi connectivity index (χ1) is 6.74. The molecule has 1 aliphatic rings. The Balaban J connectivity index is 1.97. The summed E-state index contributed by atoms with van der Waals surface area (Å²) in [7, 11) is 0. The number of nitrogens with zero attached hydrogens (tertiary/aromatic N) is 2. The summed E-state index contributed by atoms with van der Waals surface area (Å²) in [5, 5.41) is 0. The molecule has 0 atom stereocenters. The molecule has 0 aliphatic carbocycles. The molecule has 0 amide bonds. The molecular weight excluding hydrogens is 244 g/mol. The highest BCUT2D eigenvalue weighted by Gasteiger charge is 2.19. The summed E-state index contributed by atoms with van der Waals surface area (Å²) in [5.41, 5.74) is 1.02. The Morgan fingerprint density at radius 1 is 1.50 bits per heavy atom. The van der Waals surface area contributed by atoms with Crippen molar-refractivity contribution in [1.82, 2.24) is 9.88 Å². The Morgan fingerprint density at radius 3 is 2.93 bits per heavy atom. The third-order valence-electron chi connectivity index (χ3n) is 2.28. The van der Waals surface area contributed by atoms with Crippen LogP contribution in [0.5, 0.6) is 0 Å². The highest BCUT2D eigenvalue weighted by atomic mass is 79.9. The standard InChI is InChI=1S/C10H11BrN2O/c11-8-1-2-9(12-5-8)6-13-4-3-10(14)7-13/h1-2,5H,3-4,6-7H2. The Kier molecular flexibility index (Phi) is 2.93. The lowest BCUT2D eigenvalue weighted by Crippen LogP contribution is -2.20. The smallest absolute Gasteiger partial charge is 0.148 e. The summed E-state index contributed by atoms with van der Waals surface area (Å²) in [6.07, 6.45) is 2.48. The fourth-order valence-electron chi connectivity index (χ4n) is 1.55. The minimum absolute atomic E-state index is 0.335. The minimum Gasteiger partial charge on any atom is -0.298 e. The molecule has 1 fully saturated rings. The van der Waals surface area contributed by atoms with Crippen LogP contribution in [0.15, 0.2) is 22.8 Å². The molecule has 0 saturated carbocycles. The van der Waals surface area contributed by atoms with Crippen molar-refractivity contribution >= 4 is 21.7 Å². The maximum absolute atomic E-state index is 11.0. The van der Waals surface area contributed by atoms with Crippen LogP contribution in [0, 0.1) is 0 Å². The van der Waals surface area contributed by atoms with Crippen LogP contribution in [0.25, 0.3) is 0 Å². The molecule has 14 heavy (non-hydrogen) atoms. The van der Waals surface area contributed by atoms with Gasteiger partial charge in [-0.3, -0.25) is 14.7 Å². The third kappa shape index (κ3) is 2.39. The van der Waals surface area contributed by atoms with Crippen LogP contribution in [0.2, 0.25) is 0 Å². The van der Waals surface area contributed by atoms with Gasteiger partial charge in [0.15, 0.2) is 0 Å². The molecule has 2 rings (SSSR count). The molecule has 0 aromatic carbocycles. The largest absolute Gasteiger partial charge is 0.298 e. The van der Waals surface area contributed by atoms with E-state index in [0.29, 0.717) is 18.7 Å². The van der Waals surface area contributed by atoms with E-state index in [1.54, 1.807) is 6.20 Å². The first-order valence-electron chi connectivity index (χ1n) is 4.58. The fraction of sp³-hybridized carbons (Fsp3) is 0.400. The van der Waals surface area contributed by atoms with E-state index < -0.39 is 0 Å². The lowest BCUT2D eigenvalue weighted by atomic mass is 10.3. The molecular formula is C10H11BrN2O. The van der Waals surface area contributed by atoms with Crippen LogP contribution in [0.1, 0.15) is 12.1 Å². The Hall–Kier alpha value is -0.740. The molecule has 0 N–H and O–H groups in total. The van der Waals surface area contributed by atoms with Crippen molar-refractivity contribution in [3.8, 4) is 0 Å². The number of carbonyl (C=O) groups is 1. The molecule has 1 aromatic rings. The number of halogens is 1. The quantitative estimate of drug-likeness (QED) is 0.805. The van der Waals surface area contributed by atoms with Crippen molar-refractivity contribution in [3.05, 3.63) is 28.5 Å². The minimum atomic E-state index is 0.335. The molecule has 74 valence electrons. The van der Waals surface area contributed by atoms with Crippen LogP contribution in [0.4, 0.5) is 0 Å². The van der Waals surface area contributed by atoms with Gasteiger partial charge >= 0.3 is 0 Å². The number of rotatable bonds is 2. The number of aromatic nitrogens is 1. The summed E-state index contributed by atoms with van der Waals surface area (Å²) >= 11 is 3.34. The zero-order valence-electron chi connectivity index (χ0n) is 7.74. The molecule has 0 radical (unpaired) electrons. The van der Waals surface area contributed by atoms with E-state index >= 15 is 0 Å². The van der Waals surface area contributed by atoms with E-state index in [1.165, 1.54) is 0 Å². The molecule has 1 saturated heterocycles. The van der Waals surface area contributed by atoms with Gasteiger partial charge in [0.1, 0.15) is 5.78 Å². The zero-order chi connectivity index (χ0) is 9.97. The highest BCUT2D eigenvalue weighted by Crippen LogP contribution is 2.11. The predicted molar refractivity (Wildman–Crippen MR) is 56.8 cm³/mol. The van der Waals surface area contributed by atoms with E-state index in [1.807, 2.05) is 12.1 Å². The second-order valence-corrected chi connectivity index (χ2v) is 4.38. The van der Waals surface area contributed by atoms with Crippen molar-refractivity contribution in [3.63, 3.8) is 0 Å². The van der Waals surface area contributed by atoms with E-state index in [-0.39, 0.29) is 0 Å². The SMILES string of the molecule is O=C1CCN(Cc2ccc(Br)cn2)C1. The number of pyridine rings is 1. The molecule has 2 heterocycles. The van der Waals surface area contributed by atoms with Gasteiger partial charge in [0, 0.05) is 30.2 Å². The maximum Gasteiger partial charge on any atom is 0.148 e. The van der Waals surface area contributed by atoms with Crippen molar-refractivity contribution < 1.29 is 4.79 Å². The second-order valence-electron chi connectivity index (χ2n) is 3.47. The zero-order valence-corrected chi connectivity index (χ0v) is 9.33. The number of hydrogen-bond donors (Lipinski definition) is 0. The third-order valence-corrected chi connectivity index (χ3v) is 2.75. The number of hydrogen-bond acceptors (Lipinski definition) is 3. The lowest BCUT2D eigenvalue weighted by Gasteiger charge is -2.12. The number of carbonyl (C=O) groups excluding carboxylic acids is 1. The first kappa shape index (κ1) is 9.80. The van der Waals surface area contributed by atoms with Crippen molar-refractivity contribution in [2.45, 2.75) is 13.0 Å². The Labute approximate surface area is 91.3 Å². The average molecular weight is 255 g/mol. The summed E-state index contributed by atoms with van der Waals surface area (Å²) < 4.78 is 0.985. The highest BCUT2D eigenvalue weighted by molar-refractivity contribution is 9.10. The van der Waals surface area contributed by atoms with Gasteiger partial charge in [-0.15, -0.1) is 0 Å². The van der Waals surface area contributed by atoms with Crippen LogP contribution in [-0.4, -0.2) is 28.8 Å². The first-order valence-corrected chi connectivity index (χ1v) is 5.38. The molecule has 1 aliphatic heterocycles. The molecule has 0 bridgehead atoms. The fourth-order valence-corrected chi connectivity index (χ4v) is 1.79. The number of Topliss-reactive ketones (excluding diaryl/α,β-unsaturated/α-hetero) is 1. The summed E-state index contributed by atoms with van der Waals surface area (Å²) in [4.78, 5) is 17.4. The molecule has 1 aromatic heterocycles. The van der Waals surface area contributed by atoms with Crippen LogP contribution in [-0.2, 0) is 11.3 Å². The lowest BCUT2D eigenvalue weighted by molar-refractivity contribution is -0.116. The summed E-state index contributed by atoms with van der Waals surface area (Å²) in [5.74, 6) is 0.335. The van der Waals surface area contributed by atoms with Crippen molar-refractivity contribution in [2.75, 3.05) is 13.1 Å². The number of likely N-dealkylation sites (tertiary alicyclic amines) is 1.